The van der Waals surface area contributed by atoms with E-state index in [0.717, 1.165) is 16.0 Å². The van der Waals surface area contributed by atoms with E-state index in [-0.39, 0.29) is 5.75 Å². The maximum atomic E-state index is 12.5. The first-order chi connectivity index (χ1) is 14.4. The second-order valence-corrected chi connectivity index (χ2v) is 7.56. The monoisotopic (exact) mass is 426 g/mol. The Kier molecular flexibility index (Phi) is 4.32. The molecule has 9 heteroatoms. The van der Waals surface area contributed by atoms with Gasteiger partial charge in [0.2, 0.25) is 0 Å². The molecule has 5 aromatic rings. The van der Waals surface area contributed by atoms with Crippen LogP contribution in [0.3, 0.4) is 0 Å². The summed E-state index contributed by atoms with van der Waals surface area (Å²) in [6.45, 7) is 0. The highest BCUT2D eigenvalue weighted by Crippen LogP contribution is 2.33. The zero-order valence-electron chi connectivity index (χ0n) is 15.2. The lowest BCUT2D eigenvalue weighted by Crippen LogP contribution is -2.17. The molecule has 0 unspecified atom stereocenters. The smallest absolute Gasteiger partial charge is 0.406 e. The molecule has 0 atom stereocenters. The van der Waals surface area contributed by atoms with E-state index in [9.17, 15) is 13.2 Å². The maximum absolute atomic E-state index is 12.5. The van der Waals surface area contributed by atoms with Gasteiger partial charge < -0.3 is 10.1 Å². The quantitative estimate of drug-likeness (QED) is 0.369. The van der Waals surface area contributed by atoms with E-state index in [0.29, 0.717) is 17.2 Å². The Morgan fingerprint density at radius 2 is 1.83 bits per heavy atom. The molecule has 0 bridgehead atoms. The molecule has 3 aromatic heterocycles. The number of thiophene rings is 1. The summed E-state index contributed by atoms with van der Waals surface area (Å²) in [4.78, 5) is 5.42. The molecule has 1 N–H and O–H groups in total. The molecule has 0 radical (unpaired) electrons. The number of aromatic nitrogens is 3. The van der Waals surface area contributed by atoms with Gasteiger partial charge in [0.25, 0.3) is 0 Å². The lowest BCUT2D eigenvalue weighted by Gasteiger charge is -2.11. The van der Waals surface area contributed by atoms with Gasteiger partial charge in [0, 0.05) is 16.5 Å². The fourth-order valence-corrected chi connectivity index (χ4v) is 4.19. The largest absolute Gasteiger partial charge is 0.573 e. The molecule has 0 amide bonds. The summed E-state index contributed by atoms with van der Waals surface area (Å²) >= 11 is 1.64. The lowest BCUT2D eigenvalue weighted by atomic mass is 10.2. The highest BCUT2D eigenvalue weighted by atomic mass is 32.1. The number of rotatable bonds is 4. The van der Waals surface area contributed by atoms with Gasteiger partial charge in [-0.05, 0) is 41.8 Å². The van der Waals surface area contributed by atoms with Crippen LogP contribution in [0.15, 0.2) is 72.9 Å². The second kappa shape index (κ2) is 7.03. The van der Waals surface area contributed by atoms with Crippen LogP contribution in [0, 0.1) is 0 Å². The first-order valence-corrected chi connectivity index (χ1v) is 9.73. The SMILES string of the molecule is FC(F)(F)Oc1cccc(Nc2ccc3ncc(-c4cc5ccccc5s4)n3n2)c1. The Bertz CT molecular complexity index is 1330. The first-order valence-electron chi connectivity index (χ1n) is 8.91. The van der Waals surface area contributed by atoms with Gasteiger partial charge in [0.05, 0.1) is 11.1 Å². The van der Waals surface area contributed by atoms with Crippen molar-refractivity contribution in [2.75, 3.05) is 5.32 Å². The van der Waals surface area contributed by atoms with E-state index in [4.69, 9.17) is 0 Å². The normalized spacial score (nSPS) is 11.8. The molecule has 0 spiro atoms. The zero-order valence-corrected chi connectivity index (χ0v) is 16.0. The minimum atomic E-state index is -4.74. The molecular formula is C21H13F3N4OS. The molecular weight excluding hydrogens is 413 g/mol. The van der Waals surface area contributed by atoms with Crippen molar-refractivity contribution < 1.29 is 17.9 Å². The van der Waals surface area contributed by atoms with Crippen LogP contribution >= 0.6 is 11.3 Å². The Labute approximate surface area is 172 Å². The molecule has 5 nitrogen and oxygen atoms in total. The predicted molar refractivity (Wildman–Crippen MR) is 110 cm³/mol. The van der Waals surface area contributed by atoms with E-state index in [1.165, 1.54) is 22.9 Å². The van der Waals surface area contributed by atoms with Crippen molar-refractivity contribution in [2.24, 2.45) is 0 Å². The minimum absolute atomic E-state index is 0.304. The maximum Gasteiger partial charge on any atom is 0.573 e. The third-order valence-corrected chi connectivity index (χ3v) is 5.52. The van der Waals surface area contributed by atoms with Gasteiger partial charge in [0.1, 0.15) is 11.4 Å². The molecule has 0 saturated carbocycles. The standard InChI is InChI=1S/C21H13F3N4OS/c22-21(23,24)29-15-6-3-5-14(11-15)26-19-8-9-20-25-12-16(28(20)27-19)18-10-13-4-1-2-7-17(13)30-18/h1-12H,(H,26,27). The van der Waals surface area contributed by atoms with Crippen LogP contribution in [0.1, 0.15) is 0 Å². The van der Waals surface area contributed by atoms with Crippen LogP contribution in [-0.4, -0.2) is 21.0 Å². The number of imidazole rings is 1. The van der Waals surface area contributed by atoms with Crippen molar-refractivity contribution >= 4 is 38.6 Å². The molecule has 0 aliphatic rings. The third kappa shape index (κ3) is 3.67. The summed E-state index contributed by atoms with van der Waals surface area (Å²) in [6, 6.07) is 19.3. The number of hydrogen-bond acceptors (Lipinski definition) is 5. The summed E-state index contributed by atoms with van der Waals surface area (Å²) < 4.78 is 44.2. The van der Waals surface area contributed by atoms with Crippen LogP contribution in [-0.2, 0) is 0 Å². The molecule has 5 rings (SSSR count). The van der Waals surface area contributed by atoms with Crippen molar-refractivity contribution in [3.8, 4) is 16.3 Å². The molecule has 2 aromatic carbocycles. The third-order valence-electron chi connectivity index (χ3n) is 4.38. The van der Waals surface area contributed by atoms with Crippen molar-refractivity contribution in [3.05, 3.63) is 72.9 Å². The number of ether oxygens (including phenoxy) is 1. The van der Waals surface area contributed by atoms with Crippen molar-refractivity contribution in [2.45, 2.75) is 6.36 Å². The molecule has 0 fully saturated rings. The number of anilines is 2. The number of halogens is 3. The molecule has 150 valence electrons. The Hall–Kier alpha value is -3.59. The Morgan fingerprint density at radius 3 is 2.67 bits per heavy atom. The number of nitrogens with one attached hydrogen (secondary N) is 1. The number of fused-ring (bicyclic) bond motifs is 2. The zero-order chi connectivity index (χ0) is 20.7. The van der Waals surface area contributed by atoms with Crippen molar-refractivity contribution in [3.63, 3.8) is 0 Å². The molecule has 30 heavy (non-hydrogen) atoms. The van der Waals surface area contributed by atoms with Gasteiger partial charge in [-0.25, -0.2) is 9.50 Å². The van der Waals surface area contributed by atoms with Gasteiger partial charge in [-0.3, -0.25) is 0 Å². The van der Waals surface area contributed by atoms with Gasteiger partial charge in [-0.15, -0.1) is 29.6 Å². The van der Waals surface area contributed by atoms with Crippen LogP contribution in [0.2, 0.25) is 0 Å². The van der Waals surface area contributed by atoms with Crippen LogP contribution in [0.25, 0.3) is 26.3 Å². The van der Waals surface area contributed by atoms with E-state index in [1.807, 2.05) is 12.1 Å². The lowest BCUT2D eigenvalue weighted by molar-refractivity contribution is -0.274. The minimum Gasteiger partial charge on any atom is -0.406 e. The van der Waals surface area contributed by atoms with E-state index >= 15 is 0 Å². The molecule has 3 heterocycles. The van der Waals surface area contributed by atoms with Crippen LogP contribution in [0.4, 0.5) is 24.7 Å². The fourth-order valence-electron chi connectivity index (χ4n) is 3.13. The second-order valence-electron chi connectivity index (χ2n) is 6.48. The van der Waals surface area contributed by atoms with Crippen molar-refractivity contribution in [1.29, 1.82) is 0 Å². The summed E-state index contributed by atoms with van der Waals surface area (Å²) in [5.74, 6) is 0.161. The average molecular weight is 426 g/mol. The summed E-state index contributed by atoms with van der Waals surface area (Å²) in [7, 11) is 0. The van der Waals surface area contributed by atoms with Gasteiger partial charge in [-0.1, -0.05) is 24.3 Å². The molecule has 0 aliphatic heterocycles. The summed E-state index contributed by atoms with van der Waals surface area (Å²) in [6.07, 6.45) is -2.99. The Balaban J connectivity index is 1.48. The fraction of sp³-hybridized carbons (Fsp3) is 0.0476. The molecule has 0 saturated heterocycles. The highest BCUT2D eigenvalue weighted by Gasteiger charge is 2.31. The topological polar surface area (TPSA) is 51.5 Å². The predicted octanol–water partition coefficient (Wildman–Crippen LogP) is 6.25. The average Bonchev–Trinajstić information content (AvgIpc) is 3.30. The number of nitrogens with zero attached hydrogens (tertiary/aromatic N) is 3. The van der Waals surface area contributed by atoms with Gasteiger partial charge in [0.15, 0.2) is 11.5 Å². The Morgan fingerprint density at radius 1 is 0.967 bits per heavy atom. The van der Waals surface area contributed by atoms with Crippen molar-refractivity contribution in [1.82, 2.24) is 14.6 Å². The first kappa shape index (κ1) is 18.4. The number of benzene rings is 2. The highest BCUT2D eigenvalue weighted by molar-refractivity contribution is 7.22. The summed E-state index contributed by atoms with van der Waals surface area (Å²) in [5, 5.41) is 8.72. The van der Waals surface area contributed by atoms with E-state index in [1.54, 1.807) is 40.2 Å². The van der Waals surface area contributed by atoms with E-state index in [2.05, 4.69) is 38.3 Å². The molecule has 0 aliphatic carbocycles. The number of hydrogen-bond donors (Lipinski definition) is 1. The number of alkyl halides is 3. The summed E-state index contributed by atoms with van der Waals surface area (Å²) in [5.41, 5.74) is 1.93. The van der Waals surface area contributed by atoms with Crippen LogP contribution < -0.4 is 10.1 Å². The van der Waals surface area contributed by atoms with Gasteiger partial charge >= 0.3 is 6.36 Å². The van der Waals surface area contributed by atoms with Crippen LogP contribution in [0.5, 0.6) is 5.75 Å². The van der Waals surface area contributed by atoms with E-state index < -0.39 is 6.36 Å². The van der Waals surface area contributed by atoms with Gasteiger partial charge in [-0.2, -0.15) is 0 Å².